The molecule has 1 aromatic carbocycles. The fourth-order valence-electron chi connectivity index (χ4n) is 5.03. The number of anilines is 2. The van der Waals surface area contributed by atoms with Crippen LogP contribution in [-0.2, 0) is 20.7 Å². The number of nitrogens with one attached hydrogen (secondary N) is 3. The Balaban J connectivity index is 1.43. The molecule has 9 nitrogen and oxygen atoms in total. The number of morpholine rings is 1. The number of aromatic amines is 1. The van der Waals surface area contributed by atoms with Crippen molar-refractivity contribution in [2.75, 3.05) is 56.6 Å². The highest BCUT2D eigenvalue weighted by Gasteiger charge is 2.31. The van der Waals surface area contributed by atoms with E-state index in [-0.39, 0.29) is 17.2 Å². The molecular weight excluding hydrogens is 453 g/mol. The zero-order valence-corrected chi connectivity index (χ0v) is 19.6. The second-order valence-corrected chi connectivity index (χ2v) is 9.02. The minimum atomic E-state index is -0.569. The lowest BCUT2D eigenvalue weighted by molar-refractivity contribution is -0.110. The number of amides is 3. The number of carbonyl (C=O) groups excluding carboxylic acids is 3. The first-order valence-electron chi connectivity index (χ1n) is 11.8. The van der Waals surface area contributed by atoms with Crippen molar-refractivity contribution in [3.05, 3.63) is 46.0 Å². The molecule has 3 N–H and O–H groups in total. The summed E-state index contributed by atoms with van der Waals surface area (Å²) in [6, 6.07) is 2.42. The van der Waals surface area contributed by atoms with Gasteiger partial charge in [0.25, 0.3) is 11.8 Å². The molecule has 3 aliphatic heterocycles. The maximum absolute atomic E-state index is 14.2. The highest BCUT2D eigenvalue weighted by molar-refractivity contribution is 6.36. The number of aryl methyl sites for hydroxylation is 1. The quantitative estimate of drug-likeness (QED) is 0.434. The molecule has 1 fully saturated rings. The molecule has 0 atom stereocenters. The normalized spacial score (nSPS) is 19.4. The molecule has 184 valence electrons. The summed E-state index contributed by atoms with van der Waals surface area (Å²) in [5, 5.41) is 5.13. The van der Waals surface area contributed by atoms with E-state index in [9.17, 15) is 18.8 Å². The molecule has 1 saturated heterocycles. The number of aromatic nitrogens is 1. The van der Waals surface area contributed by atoms with E-state index in [2.05, 4.69) is 20.5 Å². The molecule has 0 radical (unpaired) electrons. The van der Waals surface area contributed by atoms with E-state index in [0.29, 0.717) is 42.0 Å². The number of halogens is 1. The predicted molar refractivity (Wildman–Crippen MR) is 130 cm³/mol. The molecule has 2 aromatic rings. The summed E-state index contributed by atoms with van der Waals surface area (Å²) >= 11 is 0. The SMILES string of the molecule is Cc1c(/C=C2\C(=O)Nc3c(NC=O)cc(F)cc32)[nH]c2c1C(=O)N(CCN1CCOCC1)CCC2. The first-order chi connectivity index (χ1) is 17.0. The summed E-state index contributed by atoms with van der Waals surface area (Å²) in [6.45, 7) is 7.23. The van der Waals surface area contributed by atoms with E-state index in [1.165, 1.54) is 6.07 Å². The van der Waals surface area contributed by atoms with Crippen LogP contribution in [-0.4, -0.2) is 78.9 Å². The van der Waals surface area contributed by atoms with E-state index in [4.69, 9.17) is 4.74 Å². The largest absolute Gasteiger partial charge is 0.379 e. The molecule has 1 aromatic heterocycles. The molecule has 10 heteroatoms. The zero-order valence-electron chi connectivity index (χ0n) is 19.6. The van der Waals surface area contributed by atoms with Gasteiger partial charge in [-0.1, -0.05) is 0 Å². The molecule has 0 bridgehead atoms. The van der Waals surface area contributed by atoms with Crippen LogP contribution in [0.3, 0.4) is 0 Å². The second kappa shape index (κ2) is 9.63. The third-order valence-corrected chi connectivity index (χ3v) is 6.89. The van der Waals surface area contributed by atoms with Crippen molar-refractivity contribution in [1.82, 2.24) is 14.8 Å². The van der Waals surface area contributed by atoms with Gasteiger partial charge >= 0.3 is 0 Å². The third kappa shape index (κ3) is 4.46. The fourth-order valence-corrected chi connectivity index (χ4v) is 5.03. The van der Waals surface area contributed by atoms with E-state index in [1.807, 2.05) is 11.8 Å². The van der Waals surface area contributed by atoms with E-state index in [0.717, 1.165) is 63.0 Å². The van der Waals surface area contributed by atoms with E-state index < -0.39 is 11.7 Å². The number of rotatable bonds is 6. The van der Waals surface area contributed by atoms with Crippen molar-refractivity contribution in [3.63, 3.8) is 0 Å². The Kier molecular flexibility index (Phi) is 6.40. The minimum Gasteiger partial charge on any atom is -0.379 e. The van der Waals surface area contributed by atoms with Gasteiger partial charge in [0.1, 0.15) is 5.82 Å². The molecule has 0 unspecified atom stereocenters. The summed E-state index contributed by atoms with van der Waals surface area (Å²) in [5.41, 5.74) is 4.09. The van der Waals surface area contributed by atoms with Gasteiger partial charge in [0.15, 0.2) is 0 Å². The van der Waals surface area contributed by atoms with E-state index >= 15 is 0 Å². The van der Waals surface area contributed by atoms with Gasteiger partial charge in [-0.05, 0) is 43.5 Å². The van der Waals surface area contributed by atoms with Gasteiger partial charge in [-0.25, -0.2) is 4.39 Å². The van der Waals surface area contributed by atoms with Crippen LogP contribution in [0.5, 0.6) is 0 Å². The summed E-state index contributed by atoms with van der Waals surface area (Å²) in [7, 11) is 0. The lowest BCUT2D eigenvalue weighted by Gasteiger charge is -2.29. The smallest absolute Gasteiger partial charge is 0.256 e. The van der Waals surface area contributed by atoms with Crippen LogP contribution < -0.4 is 10.6 Å². The van der Waals surface area contributed by atoms with Gasteiger partial charge in [-0.3, -0.25) is 19.3 Å². The Hall–Kier alpha value is -3.50. The van der Waals surface area contributed by atoms with Crippen molar-refractivity contribution in [2.24, 2.45) is 0 Å². The molecule has 3 aliphatic rings. The molecule has 4 heterocycles. The lowest BCUT2D eigenvalue weighted by atomic mass is 10.0. The Morgan fingerprint density at radius 3 is 2.74 bits per heavy atom. The Labute approximate surface area is 202 Å². The first-order valence-corrected chi connectivity index (χ1v) is 11.8. The number of carbonyl (C=O) groups is 3. The van der Waals surface area contributed by atoms with Gasteiger partial charge < -0.3 is 25.3 Å². The van der Waals surface area contributed by atoms with Gasteiger partial charge in [-0.2, -0.15) is 0 Å². The van der Waals surface area contributed by atoms with Gasteiger partial charge in [0, 0.05) is 49.7 Å². The van der Waals surface area contributed by atoms with Gasteiger partial charge in [0.2, 0.25) is 6.41 Å². The Bertz CT molecular complexity index is 1210. The van der Waals surface area contributed by atoms with Crippen LogP contribution >= 0.6 is 0 Å². The molecule has 35 heavy (non-hydrogen) atoms. The molecule has 0 saturated carbocycles. The van der Waals surface area contributed by atoms with Crippen LogP contribution in [0, 0.1) is 12.7 Å². The average molecular weight is 482 g/mol. The molecule has 0 spiro atoms. The van der Waals surface area contributed by atoms with E-state index in [1.54, 1.807) is 6.08 Å². The van der Waals surface area contributed by atoms with Crippen LogP contribution in [0.25, 0.3) is 11.6 Å². The Morgan fingerprint density at radius 2 is 1.97 bits per heavy atom. The fraction of sp³-hybridized carbons (Fsp3) is 0.400. The van der Waals surface area contributed by atoms with Crippen molar-refractivity contribution in [2.45, 2.75) is 19.8 Å². The lowest BCUT2D eigenvalue weighted by Crippen LogP contribution is -2.43. The molecule has 3 amide bonds. The highest BCUT2D eigenvalue weighted by atomic mass is 19.1. The predicted octanol–water partition coefficient (Wildman–Crippen LogP) is 2.24. The maximum atomic E-state index is 14.2. The summed E-state index contributed by atoms with van der Waals surface area (Å²) < 4.78 is 19.6. The number of ether oxygens (including phenoxy) is 1. The standard InChI is InChI=1S/C25H28FN5O4/c1-15-20(13-18-17-11-16(26)12-21(27-14-32)23(17)29-24(18)33)28-19-3-2-4-31(25(34)22(15)19)6-5-30-7-9-35-10-8-30/h11-14,28H,2-10H2,1H3,(H,27,32)(H,29,33)/b18-13-. The first kappa shape index (κ1) is 23.3. The minimum absolute atomic E-state index is 0.0102. The zero-order chi connectivity index (χ0) is 24.5. The number of fused-ring (bicyclic) bond motifs is 2. The van der Waals surface area contributed by atoms with Crippen LogP contribution in [0.15, 0.2) is 12.1 Å². The number of hydrogen-bond donors (Lipinski definition) is 3. The second-order valence-electron chi connectivity index (χ2n) is 9.02. The maximum Gasteiger partial charge on any atom is 0.256 e. The van der Waals surface area contributed by atoms with Crippen LogP contribution in [0.4, 0.5) is 15.8 Å². The van der Waals surface area contributed by atoms with Crippen molar-refractivity contribution in [3.8, 4) is 0 Å². The number of benzene rings is 1. The van der Waals surface area contributed by atoms with Crippen LogP contribution in [0.1, 0.15) is 39.3 Å². The molecular formula is C25H28FN5O4. The van der Waals surface area contributed by atoms with Crippen LogP contribution in [0.2, 0.25) is 0 Å². The monoisotopic (exact) mass is 481 g/mol. The number of hydrogen-bond acceptors (Lipinski definition) is 5. The molecule has 0 aliphatic carbocycles. The summed E-state index contributed by atoms with van der Waals surface area (Å²) in [4.78, 5) is 44.7. The average Bonchev–Trinajstić information content (AvgIpc) is 3.26. The molecule has 5 rings (SSSR count). The topological polar surface area (TPSA) is 107 Å². The number of H-pyrrole nitrogens is 1. The highest BCUT2D eigenvalue weighted by Crippen LogP contribution is 2.39. The number of nitrogens with zero attached hydrogens (tertiary/aromatic N) is 2. The van der Waals surface area contributed by atoms with Crippen molar-refractivity contribution < 1.29 is 23.5 Å². The van der Waals surface area contributed by atoms with Gasteiger partial charge in [0.05, 0.1) is 35.7 Å². The third-order valence-electron chi connectivity index (χ3n) is 6.89. The van der Waals surface area contributed by atoms with Crippen molar-refractivity contribution >= 4 is 41.2 Å². The van der Waals surface area contributed by atoms with Gasteiger partial charge in [-0.15, -0.1) is 0 Å². The van der Waals surface area contributed by atoms with Crippen molar-refractivity contribution in [1.29, 1.82) is 0 Å². The Morgan fingerprint density at radius 1 is 1.17 bits per heavy atom. The summed E-state index contributed by atoms with van der Waals surface area (Å²) in [5.74, 6) is -0.980. The summed E-state index contributed by atoms with van der Waals surface area (Å²) in [6.07, 6.45) is 3.66.